The van der Waals surface area contributed by atoms with Gasteiger partial charge >= 0.3 is 6.03 Å². The van der Waals surface area contributed by atoms with E-state index in [-0.39, 0.29) is 17.8 Å². The first kappa shape index (κ1) is 20.8. The van der Waals surface area contributed by atoms with E-state index in [0.717, 1.165) is 24.0 Å². The zero-order chi connectivity index (χ0) is 20.9. The minimum Gasteiger partial charge on any atom is -0.351 e. The van der Waals surface area contributed by atoms with Crippen LogP contribution in [-0.4, -0.2) is 29.9 Å². The molecule has 154 valence electrons. The number of halogens is 1. The second-order valence-electron chi connectivity index (χ2n) is 8.04. The lowest BCUT2D eigenvalue weighted by Crippen LogP contribution is -2.53. The Labute approximate surface area is 171 Å². The molecule has 0 radical (unpaired) electrons. The molecule has 6 heteroatoms. The van der Waals surface area contributed by atoms with Gasteiger partial charge in [0.2, 0.25) is 5.91 Å². The van der Waals surface area contributed by atoms with Gasteiger partial charge in [-0.05, 0) is 49.9 Å². The highest BCUT2D eigenvalue weighted by atomic mass is 19.1. The number of piperidine rings is 1. The van der Waals surface area contributed by atoms with Gasteiger partial charge in [0.15, 0.2) is 0 Å². The maximum Gasteiger partial charge on any atom is 0.317 e. The van der Waals surface area contributed by atoms with Gasteiger partial charge in [-0.2, -0.15) is 0 Å². The van der Waals surface area contributed by atoms with E-state index in [1.165, 1.54) is 17.7 Å². The van der Waals surface area contributed by atoms with Crippen LogP contribution in [0.15, 0.2) is 48.5 Å². The largest absolute Gasteiger partial charge is 0.351 e. The summed E-state index contributed by atoms with van der Waals surface area (Å²) in [5.74, 6) is -0.336. The van der Waals surface area contributed by atoms with Crippen LogP contribution < -0.4 is 10.6 Å². The molecule has 0 bridgehead atoms. The van der Waals surface area contributed by atoms with Crippen molar-refractivity contribution >= 4 is 11.9 Å². The van der Waals surface area contributed by atoms with Crippen LogP contribution in [0.25, 0.3) is 0 Å². The Balaban J connectivity index is 1.53. The van der Waals surface area contributed by atoms with Crippen molar-refractivity contribution in [1.82, 2.24) is 15.5 Å². The maximum atomic E-state index is 13.0. The third-order valence-corrected chi connectivity index (χ3v) is 5.46. The monoisotopic (exact) mass is 397 g/mol. The van der Waals surface area contributed by atoms with E-state index < -0.39 is 5.41 Å². The Bertz CT molecular complexity index is 851. The third kappa shape index (κ3) is 5.56. The molecule has 1 saturated heterocycles. The number of amides is 3. The zero-order valence-corrected chi connectivity index (χ0v) is 17.0. The number of likely N-dealkylation sites (tertiary alicyclic amines) is 1. The second kappa shape index (κ2) is 9.07. The second-order valence-corrected chi connectivity index (χ2v) is 8.04. The molecule has 1 atom stereocenters. The van der Waals surface area contributed by atoms with Gasteiger partial charge in [0.25, 0.3) is 0 Å². The van der Waals surface area contributed by atoms with Crippen LogP contribution in [-0.2, 0) is 17.9 Å². The van der Waals surface area contributed by atoms with Crippen molar-refractivity contribution < 1.29 is 14.0 Å². The van der Waals surface area contributed by atoms with Gasteiger partial charge in [-0.3, -0.25) is 4.79 Å². The molecule has 0 aliphatic carbocycles. The van der Waals surface area contributed by atoms with Crippen LogP contribution >= 0.6 is 0 Å². The lowest BCUT2D eigenvalue weighted by Gasteiger charge is -2.39. The number of hydrogen-bond acceptors (Lipinski definition) is 2. The number of nitrogens with zero attached hydrogens (tertiary/aromatic N) is 1. The van der Waals surface area contributed by atoms with Crippen LogP contribution in [0, 0.1) is 18.2 Å². The van der Waals surface area contributed by atoms with E-state index in [4.69, 9.17) is 0 Å². The van der Waals surface area contributed by atoms with Crippen molar-refractivity contribution in [3.8, 4) is 0 Å². The summed E-state index contributed by atoms with van der Waals surface area (Å²) in [5, 5.41) is 5.88. The molecule has 1 aliphatic rings. The lowest BCUT2D eigenvalue weighted by molar-refractivity contribution is -0.132. The summed E-state index contributed by atoms with van der Waals surface area (Å²) < 4.78 is 13.0. The average molecular weight is 397 g/mol. The number of hydrogen-bond donors (Lipinski definition) is 2. The Morgan fingerprint density at radius 2 is 1.59 bits per heavy atom. The van der Waals surface area contributed by atoms with Gasteiger partial charge in [0.1, 0.15) is 5.82 Å². The van der Waals surface area contributed by atoms with Crippen LogP contribution in [0.5, 0.6) is 0 Å². The molecule has 1 heterocycles. The maximum absolute atomic E-state index is 13.0. The molecule has 3 rings (SSSR count). The molecule has 2 N–H and O–H groups in total. The van der Waals surface area contributed by atoms with E-state index >= 15 is 0 Å². The summed E-state index contributed by atoms with van der Waals surface area (Å²) in [7, 11) is 0. The van der Waals surface area contributed by atoms with E-state index in [9.17, 15) is 14.0 Å². The highest BCUT2D eigenvalue weighted by Gasteiger charge is 2.39. The van der Waals surface area contributed by atoms with Crippen LogP contribution in [0.1, 0.15) is 36.5 Å². The fourth-order valence-corrected chi connectivity index (χ4v) is 3.59. The third-order valence-electron chi connectivity index (χ3n) is 5.46. The summed E-state index contributed by atoms with van der Waals surface area (Å²) in [6, 6.07) is 13.9. The first-order valence-electron chi connectivity index (χ1n) is 9.97. The van der Waals surface area contributed by atoms with Crippen molar-refractivity contribution in [2.75, 3.05) is 13.1 Å². The number of rotatable bonds is 5. The molecular weight excluding hydrogens is 369 g/mol. The topological polar surface area (TPSA) is 61.4 Å². The van der Waals surface area contributed by atoms with Gasteiger partial charge in [-0.1, -0.05) is 42.0 Å². The molecule has 0 aromatic heterocycles. The molecule has 1 aliphatic heterocycles. The minimum absolute atomic E-state index is 0.0332. The first-order chi connectivity index (χ1) is 13.9. The molecule has 5 nitrogen and oxygen atoms in total. The SMILES string of the molecule is Cc1ccc(CNC(=O)C2(C)CCCN(C(=O)NCc3ccc(F)cc3)C2)cc1. The predicted octanol–water partition coefficient (Wildman–Crippen LogP) is 3.76. The van der Waals surface area contributed by atoms with Gasteiger partial charge in [0.05, 0.1) is 5.41 Å². The van der Waals surface area contributed by atoms with Gasteiger partial charge in [-0.15, -0.1) is 0 Å². The summed E-state index contributed by atoms with van der Waals surface area (Å²) in [4.78, 5) is 27.1. The highest BCUT2D eigenvalue weighted by molar-refractivity contribution is 5.84. The first-order valence-corrected chi connectivity index (χ1v) is 9.97. The molecule has 2 aromatic rings. The molecule has 0 saturated carbocycles. The number of aryl methyl sites for hydroxylation is 1. The van der Waals surface area contributed by atoms with E-state index in [1.807, 2.05) is 38.1 Å². The van der Waals surface area contributed by atoms with Crippen molar-refractivity contribution in [1.29, 1.82) is 0 Å². The van der Waals surface area contributed by atoms with Crippen LogP contribution in [0.4, 0.5) is 9.18 Å². The van der Waals surface area contributed by atoms with Gasteiger partial charge in [0, 0.05) is 26.2 Å². The Morgan fingerprint density at radius 3 is 2.24 bits per heavy atom. The van der Waals surface area contributed by atoms with Crippen molar-refractivity contribution in [3.05, 3.63) is 71.0 Å². The van der Waals surface area contributed by atoms with Crippen molar-refractivity contribution in [2.45, 2.75) is 39.8 Å². The summed E-state index contributed by atoms with van der Waals surface area (Å²) >= 11 is 0. The summed E-state index contributed by atoms with van der Waals surface area (Å²) in [5.41, 5.74) is 2.45. The highest BCUT2D eigenvalue weighted by Crippen LogP contribution is 2.30. The van der Waals surface area contributed by atoms with Crippen LogP contribution in [0.2, 0.25) is 0 Å². The standard InChI is InChI=1S/C23H28FN3O2/c1-17-4-6-18(7-5-17)14-25-21(28)23(2)12-3-13-27(16-23)22(29)26-15-19-8-10-20(24)11-9-19/h4-11H,3,12-16H2,1-2H3,(H,25,28)(H,26,29). The Kier molecular flexibility index (Phi) is 6.52. The molecule has 3 amide bonds. The Morgan fingerprint density at radius 1 is 1.00 bits per heavy atom. The molecule has 2 aromatic carbocycles. The molecule has 29 heavy (non-hydrogen) atoms. The number of urea groups is 1. The zero-order valence-electron chi connectivity index (χ0n) is 17.0. The Hall–Kier alpha value is -2.89. The molecule has 1 unspecified atom stereocenters. The molecule has 1 fully saturated rings. The van der Waals surface area contributed by atoms with E-state index in [0.29, 0.717) is 26.2 Å². The fraction of sp³-hybridized carbons (Fsp3) is 0.391. The van der Waals surface area contributed by atoms with E-state index in [2.05, 4.69) is 10.6 Å². The predicted molar refractivity (Wildman–Crippen MR) is 111 cm³/mol. The summed E-state index contributed by atoms with van der Waals surface area (Å²) in [6.45, 7) is 5.74. The number of benzene rings is 2. The quantitative estimate of drug-likeness (QED) is 0.807. The molecule has 0 spiro atoms. The van der Waals surface area contributed by atoms with Crippen molar-refractivity contribution in [2.24, 2.45) is 5.41 Å². The lowest BCUT2D eigenvalue weighted by atomic mass is 9.81. The summed E-state index contributed by atoms with van der Waals surface area (Å²) in [6.07, 6.45) is 1.52. The van der Waals surface area contributed by atoms with Gasteiger partial charge < -0.3 is 15.5 Å². The smallest absolute Gasteiger partial charge is 0.317 e. The number of carbonyl (C=O) groups is 2. The van der Waals surface area contributed by atoms with Gasteiger partial charge in [-0.25, -0.2) is 9.18 Å². The normalized spacial score (nSPS) is 18.9. The van der Waals surface area contributed by atoms with Crippen LogP contribution in [0.3, 0.4) is 0 Å². The molecular formula is C23H28FN3O2. The number of nitrogens with one attached hydrogen (secondary N) is 2. The average Bonchev–Trinajstić information content (AvgIpc) is 2.72. The fourth-order valence-electron chi connectivity index (χ4n) is 3.59. The van der Waals surface area contributed by atoms with E-state index in [1.54, 1.807) is 17.0 Å². The van der Waals surface area contributed by atoms with Crippen molar-refractivity contribution in [3.63, 3.8) is 0 Å². The minimum atomic E-state index is -0.615. The number of carbonyl (C=O) groups excluding carboxylic acids is 2.